The largest absolute Gasteiger partial charge is 0.384 e. The lowest BCUT2D eigenvalue weighted by Gasteiger charge is -2.27. The van der Waals surface area contributed by atoms with Crippen molar-refractivity contribution in [1.29, 1.82) is 0 Å². The number of nitrogens with zero attached hydrogens (tertiary/aromatic N) is 3. The summed E-state index contributed by atoms with van der Waals surface area (Å²) in [5.74, 6) is -2.53. The van der Waals surface area contributed by atoms with Crippen LogP contribution in [0.4, 0.5) is 10.7 Å². The summed E-state index contributed by atoms with van der Waals surface area (Å²) in [5, 5.41) is 18.7. The summed E-state index contributed by atoms with van der Waals surface area (Å²) in [4.78, 5) is 72.8. The van der Waals surface area contributed by atoms with E-state index in [-0.39, 0.29) is 34.7 Å². The number of carbonyl (C=O) groups is 5. The van der Waals surface area contributed by atoms with E-state index in [1.807, 2.05) is 0 Å². The first kappa shape index (κ1) is 27.8. The van der Waals surface area contributed by atoms with Crippen LogP contribution >= 0.6 is 11.5 Å². The molecule has 1 aromatic carbocycles. The maximum Gasteiger partial charge on any atom is 0.343 e. The fraction of sp³-hybridized carbons (Fsp3) is 0.440. The Morgan fingerprint density at radius 3 is 2.49 bits per heavy atom. The van der Waals surface area contributed by atoms with Gasteiger partial charge in [0.15, 0.2) is 0 Å². The number of carbonyl (C=O) groups excluding carboxylic acids is 5. The number of hydrogen-bond acceptors (Lipinski definition) is 10. The molecule has 5 amide bonds. The van der Waals surface area contributed by atoms with Crippen molar-refractivity contribution in [3.8, 4) is 0 Å². The molecule has 13 nitrogen and oxygen atoms in total. The number of hydrogen-bond donors (Lipinski definition) is 3. The van der Waals surface area contributed by atoms with Gasteiger partial charge in [0.05, 0.1) is 22.1 Å². The number of rotatable bonds is 13. The molecule has 206 valence electrons. The quantitative estimate of drug-likeness (QED) is 0.145. The van der Waals surface area contributed by atoms with Gasteiger partial charge in [-0.1, -0.05) is 31.7 Å². The van der Waals surface area contributed by atoms with Gasteiger partial charge in [-0.25, -0.2) is 0 Å². The molecule has 1 unspecified atom stereocenters. The highest BCUT2D eigenvalue weighted by Crippen LogP contribution is 2.32. The SMILES string of the molecule is O=C1CCC(N2C(=O)c3cccc(NCCCCCCCCNC(=O)c4cc([N+](=O)[O-])sn4)c3C2=O)C(=O)N1. The average Bonchev–Trinajstić information content (AvgIpc) is 3.50. The Hall–Kier alpha value is -4.20. The molecule has 0 bridgehead atoms. The zero-order chi connectivity index (χ0) is 27.9. The molecule has 14 heteroatoms. The van der Waals surface area contributed by atoms with Crippen LogP contribution in [0, 0.1) is 10.1 Å². The average molecular weight is 557 g/mol. The number of piperidine rings is 1. The van der Waals surface area contributed by atoms with Crippen molar-refractivity contribution in [1.82, 2.24) is 19.9 Å². The topological polar surface area (TPSA) is 181 Å². The van der Waals surface area contributed by atoms with E-state index in [0.29, 0.717) is 30.3 Å². The van der Waals surface area contributed by atoms with Crippen LogP contribution in [-0.2, 0) is 9.59 Å². The summed E-state index contributed by atoms with van der Waals surface area (Å²) in [6, 6.07) is 5.16. The molecule has 3 heterocycles. The predicted octanol–water partition coefficient (Wildman–Crippen LogP) is 2.63. The van der Waals surface area contributed by atoms with Gasteiger partial charge in [-0.2, -0.15) is 4.37 Å². The van der Waals surface area contributed by atoms with E-state index < -0.39 is 40.5 Å². The summed E-state index contributed by atoms with van der Waals surface area (Å²) in [5.41, 5.74) is 1.09. The number of aromatic nitrogens is 1. The normalized spacial score (nSPS) is 16.7. The number of unbranched alkanes of at least 4 members (excludes halogenated alkanes) is 5. The van der Waals surface area contributed by atoms with Gasteiger partial charge in [-0.05, 0) is 31.4 Å². The van der Waals surface area contributed by atoms with Gasteiger partial charge < -0.3 is 10.6 Å². The molecule has 0 spiro atoms. The fourth-order valence-corrected chi connectivity index (χ4v) is 5.15. The molecule has 4 rings (SSSR count). The maximum atomic E-state index is 13.1. The third kappa shape index (κ3) is 6.45. The van der Waals surface area contributed by atoms with Crippen molar-refractivity contribution in [2.45, 2.75) is 57.4 Å². The monoisotopic (exact) mass is 556 g/mol. The van der Waals surface area contributed by atoms with Crippen LogP contribution in [0.15, 0.2) is 24.3 Å². The molecule has 3 N–H and O–H groups in total. The van der Waals surface area contributed by atoms with Crippen molar-refractivity contribution in [2.75, 3.05) is 18.4 Å². The maximum absolute atomic E-state index is 13.1. The lowest BCUT2D eigenvalue weighted by Crippen LogP contribution is -2.54. The first-order valence-electron chi connectivity index (χ1n) is 12.8. The molecular formula is C25H28N6O7S. The number of amides is 5. The number of fused-ring (bicyclic) bond motifs is 1. The molecule has 1 fully saturated rings. The first-order valence-corrected chi connectivity index (χ1v) is 13.5. The third-order valence-electron chi connectivity index (χ3n) is 6.58. The van der Waals surface area contributed by atoms with Gasteiger partial charge in [0.2, 0.25) is 11.8 Å². The molecule has 39 heavy (non-hydrogen) atoms. The minimum absolute atomic E-state index is 0.0537. The summed E-state index contributed by atoms with van der Waals surface area (Å²) in [7, 11) is 0. The smallest absolute Gasteiger partial charge is 0.343 e. The second-order valence-electron chi connectivity index (χ2n) is 9.29. The molecule has 0 saturated carbocycles. The van der Waals surface area contributed by atoms with E-state index in [9.17, 15) is 34.1 Å². The minimum atomic E-state index is -0.995. The summed E-state index contributed by atoms with van der Waals surface area (Å²) in [6.45, 7) is 1.07. The van der Waals surface area contributed by atoms with Gasteiger partial charge in [-0.3, -0.25) is 44.3 Å². The molecule has 1 aromatic heterocycles. The van der Waals surface area contributed by atoms with Gasteiger partial charge in [0.25, 0.3) is 17.7 Å². The highest BCUT2D eigenvalue weighted by Gasteiger charge is 2.45. The van der Waals surface area contributed by atoms with Gasteiger partial charge >= 0.3 is 5.00 Å². The number of benzene rings is 1. The molecule has 2 aliphatic heterocycles. The van der Waals surface area contributed by atoms with E-state index >= 15 is 0 Å². The van der Waals surface area contributed by atoms with Crippen molar-refractivity contribution in [3.63, 3.8) is 0 Å². The number of nitrogens with one attached hydrogen (secondary N) is 3. The Morgan fingerprint density at radius 1 is 1.08 bits per heavy atom. The molecule has 2 aromatic rings. The molecular weight excluding hydrogens is 528 g/mol. The Morgan fingerprint density at radius 2 is 1.79 bits per heavy atom. The summed E-state index contributed by atoms with van der Waals surface area (Å²) < 4.78 is 3.79. The summed E-state index contributed by atoms with van der Waals surface area (Å²) in [6.07, 6.45) is 5.66. The van der Waals surface area contributed by atoms with Crippen LogP contribution in [-0.4, -0.2) is 62.9 Å². The number of anilines is 1. The van der Waals surface area contributed by atoms with Crippen LogP contribution < -0.4 is 16.0 Å². The van der Waals surface area contributed by atoms with Crippen LogP contribution in [0.2, 0.25) is 0 Å². The van der Waals surface area contributed by atoms with E-state index in [2.05, 4.69) is 20.3 Å². The lowest BCUT2D eigenvalue weighted by molar-refractivity contribution is -0.380. The predicted molar refractivity (Wildman–Crippen MR) is 140 cm³/mol. The number of imide groups is 2. The van der Waals surface area contributed by atoms with Gasteiger partial charge in [-0.15, -0.1) is 0 Å². The van der Waals surface area contributed by atoms with Gasteiger partial charge in [0, 0.05) is 36.7 Å². The Bertz CT molecular complexity index is 1310. The molecule has 1 saturated heterocycles. The van der Waals surface area contributed by atoms with Crippen LogP contribution in [0.3, 0.4) is 0 Å². The highest BCUT2D eigenvalue weighted by atomic mass is 32.1. The lowest BCUT2D eigenvalue weighted by atomic mass is 10.0. The fourth-order valence-electron chi connectivity index (χ4n) is 4.59. The Kier molecular flexibility index (Phi) is 8.96. The van der Waals surface area contributed by atoms with Gasteiger partial charge in [0.1, 0.15) is 11.7 Å². The van der Waals surface area contributed by atoms with Crippen LogP contribution in [0.1, 0.15) is 82.6 Å². The Labute approximate surface area is 227 Å². The molecule has 2 aliphatic rings. The van der Waals surface area contributed by atoms with E-state index in [1.54, 1.807) is 18.2 Å². The second-order valence-corrected chi connectivity index (χ2v) is 10.1. The standard InChI is InChI=1S/C25H28N6O7S/c32-19-11-10-18(23(34)28-19)30-24(35)15-8-7-9-16(21(15)25(30)36)26-12-5-3-1-2-4-6-13-27-22(33)17-14-20(31(37)38)39-29-17/h7-9,14,18,26H,1-6,10-13H2,(H,27,33)(H,28,32,34). The zero-order valence-electron chi connectivity index (χ0n) is 21.1. The second kappa shape index (κ2) is 12.6. The van der Waals surface area contributed by atoms with Crippen molar-refractivity contribution < 1.29 is 28.9 Å². The van der Waals surface area contributed by atoms with Crippen molar-refractivity contribution in [2.24, 2.45) is 0 Å². The minimum Gasteiger partial charge on any atom is -0.384 e. The van der Waals surface area contributed by atoms with Crippen molar-refractivity contribution >= 4 is 51.8 Å². The first-order chi connectivity index (χ1) is 18.8. The molecule has 1 atom stereocenters. The number of nitro groups is 1. The van der Waals surface area contributed by atoms with E-state index in [4.69, 9.17) is 0 Å². The summed E-state index contributed by atoms with van der Waals surface area (Å²) >= 11 is 0.680. The van der Waals surface area contributed by atoms with Crippen LogP contribution in [0.5, 0.6) is 0 Å². The Balaban J connectivity index is 1.14. The van der Waals surface area contributed by atoms with Crippen LogP contribution in [0.25, 0.3) is 0 Å². The third-order valence-corrected chi connectivity index (χ3v) is 7.32. The molecule has 0 radical (unpaired) electrons. The highest BCUT2D eigenvalue weighted by molar-refractivity contribution is 7.09. The molecule has 0 aliphatic carbocycles. The van der Waals surface area contributed by atoms with Crippen molar-refractivity contribution in [3.05, 3.63) is 51.2 Å². The van der Waals surface area contributed by atoms with E-state index in [0.717, 1.165) is 43.4 Å². The van der Waals surface area contributed by atoms with E-state index in [1.165, 1.54) is 6.07 Å². The zero-order valence-corrected chi connectivity index (χ0v) is 21.9.